The molecule has 0 saturated carbocycles. The zero-order valence-electron chi connectivity index (χ0n) is 6.57. The van der Waals surface area contributed by atoms with Crippen LogP contribution in [-0.2, 0) is 0 Å². The van der Waals surface area contributed by atoms with Crippen LogP contribution in [0.2, 0.25) is 19.6 Å². The Bertz CT molecular complexity index is 84.5. The molecule has 0 heterocycles. The number of hydrogen-bond acceptors (Lipinski definition) is 0. The Labute approximate surface area is 60.6 Å². The first kappa shape index (κ1) is 11.3. The monoisotopic (exact) mass is 139 g/mol. The summed E-state index contributed by atoms with van der Waals surface area (Å²) in [7, 11) is 0.120. The maximum Gasteiger partial charge on any atom is 0.0379 e. The summed E-state index contributed by atoms with van der Waals surface area (Å²) in [5, 5.41) is 0. The van der Waals surface area contributed by atoms with E-state index in [1.807, 2.05) is 0 Å². The van der Waals surface area contributed by atoms with Gasteiger partial charge in [0.25, 0.3) is 0 Å². The van der Waals surface area contributed by atoms with Crippen molar-refractivity contribution in [3.8, 4) is 12.3 Å². The lowest BCUT2D eigenvalue weighted by Crippen LogP contribution is -1.84. The molecule has 0 saturated heterocycles. The fourth-order valence-corrected chi connectivity index (χ4v) is 0.0833. The summed E-state index contributed by atoms with van der Waals surface area (Å²) in [4.78, 5) is 0. The van der Waals surface area contributed by atoms with E-state index < -0.39 is 0 Å². The summed E-state index contributed by atoms with van der Waals surface area (Å²) in [6.07, 6.45) is 7.19. The van der Waals surface area contributed by atoms with Gasteiger partial charge < -0.3 is 0 Å². The quantitative estimate of drug-likeness (QED) is 0.297. The highest BCUT2D eigenvalue weighted by Crippen LogP contribution is 1.68. The second-order valence-electron chi connectivity index (χ2n) is 2.20. The van der Waals surface area contributed by atoms with Crippen LogP contribution >= 0.6 is 0 Å². The minimum absolute atomic E-state index is 0.120. The molecular formula is C8H15Si. The van der Waals surface area contributed by atoms with Crippen LogP contribution in [0, 0.1) is 12.3 Å². The summed E-state index contributed by atoms with van der Waals surface area (Å²) >= 11 is 0. The third-order valence-electron chi connectivity index (χ3n) is 0.262. The van der Waals surface area contributed by atoms with Gasteiger partial charge in [0.15, 0.2) is 0 Å². The molecule has 0 aliphatic heterocycles. The van der Waals surface area contributed by atoms with Crippen LogP contribution in [-0.4, -0.2) is 8.80 Å². The molecule has 0 bridgehead atoms. The second-order valence-corrected chi connectivity index (χ2v) is 5.20. The largest absolute Gasteiger partial charge is 0.120 e. The standard InChI is InChI=1S/C5H6.C3H9Si/c1-3-5-4-2;1-4(2)3/h1,4H,2,5H2;1-3H3. The molecule has 0 aromatic heterocycles. The highest BCUT2D eigenvalue weighted by Gasteiger charge is 1.72. The molecule has 1 heteroatoms. The Balaban J connectivity index is 0. The molecule has 0 aromatic carbocycles. The molecular weight excluding hydrogens is 124 g/mol. The van der Waals surface area contributed by atoms with Gasteiger partial charge in [0.1, 0.15) is 0 Å². The summed E-state index contributed by atoms with van der Waals surface area (Å²) < 4.78 is 0. The van der Waals surface area contributed by atoms with Crippen molar-refractivity contribution >= 4 is 8.80 Å². The average molecular weight is 139 g/mol. The Morgan fingerprint density at radius 3 is 1.89 bits per heavy atom. The van der Waals surface area contributed by atoms with Crippen LogP contribution in [0.4, 0.5) is 0 Å². The molecule has 0 N–H and O–H groups in total. The number of hydrogen-bond donors (Lipinski definition) is 0. The maximum atomic E-state index is 4.82. The maximum absolute atomic E-state index is 4.82. The van der Waals surface area contributed by atoms with Crippen molar-refractivity contribution < 1.29 is 0 Å². The van der Waals surface area contributed by atoms with E-state index in [0.717, 1.165) is 0 Å². The Morgan fingerprint density at radius 2 is 1.89 bits per heavy atom. The minimum Gasteiger partial charge on any atom is -0.120 e. The third-order valence-corrected chi connectivity index (χ3v) is 0.262. The van der Waals surface area contributed by atoms with Gasteiger partial charge in [-0.15, -0.1) is 18.9 Å². The van der Waals surface area contributed by atoms with Gasteiger partial charge in [-0.05, 0) is 0 Å². The fraction of sp³-hybridized carbons (Fsp3) is 0.500. The first-order valence-electron chi connectivity index (χ1n) is 2.96. The van der Waals surface area contributed by atoms with Crippen LogP contribution < -0.4 is 0 Å². The molecule has 0 aliphatic rings. The van der Waals surface area contributed by atoms with Crippen LogP contribution in [0.25, 0.3) is 0 Å². The van der Waals surface area contributed by atoms with Gasteiger partial charge >= 0.3 is 0 Å². The average Bonchev–Trinajstić information content (AvgIpc) is 1.66. The molecule has 0 fully saturated rings. The van der Waals surface area contributed by atoms with E-state index in [2.05, 4.69) is 32.1 Å². The molecule has 0 aromatic rings. The highest BCUT2D eigenvalue weighted by molar-refractivity contribution is 6.54. The molecule has 51 valence electrons. The van der Waals surface area contributed by atoms with Crippen molar-refractivity contribution in [1.82, 2.24) is 0 Å². The van der Waals surface area contributed by atoms with Crippen LogP contribution in [0.5, 0.6) is 0 Å². The van der Waals surface area contributed by atoms with Crippen molar-refractivity contribution in [2.75, 3.05) is 0 Å². The normalized spacial score (nSPS) is 7.00. The third kappa shape index (κ3) is 99.4. The summed E-state index contributed by atoms with van der Waals surface area (Å²) in [6.45, 7) is 10.2. The van der Waals surface area contributed by atoms with Crippen LogP contribution in [0.15, 0.2) is 12.7 Å². The molecule has 0 unspecified atom stereocenters. The predicted octanol–water partition coefficient (Wildman–Crippen LogP) is 2.57. The summed E-state index contributed by atoms with van der Waals surface area (Å²) in [6, 6.07) is 0. The van der Waals surface area contributed by atoms with Gasteiger partial charge in [0.05, 0.1) is 0 Å². The second kappa shape index (κ2) is 10.5. The van der Waals surface area contributed by atoms with Crippen molar-refractivity contribution in [2.45, 2.75) is 26.1 Å². The molecule has 0 nitrogen and oxygen atoms in total. The lowest BCUT2D eigenvalue weighted by molar-refractivity contribution is 1.50. The topological polar surface area (TPSA) is 0 Å². The number of rotatable bonds is 1. The number of terminal acetylenes is 1. The molecule has 0 amide bonds. The molecule has 9 heavy (non-hydrogen) atoms. The van der Waals surface area contributed by atoms with E-state index in [1.54, 1.807) is 6.08 Å². The van der Waals surface area contributed by atoms with Crippen molar-refractivity contribution in [2.24, 2.45) is 0 Å². The first-order valence-corrected chi connectivity index (χ1v) is 5.96. The fourth-order valence-electron chi connectivity index (χ4n) is 0.0833. The van der Waals surface area contributed by atoms with Gasteiger partial charge in [-0.2, -0.15) is 0 Å². The lowest BCUT2D eigenvalue weighted by Gasteiger charge is -1.75. The minimum atomic E-state index is 0.120. The molecule has 0 atom stereocenters. The van der Waals surface area contributed by atoms with Crippen molar-refractivity contribution in [3.63, 3.8) is 0 Å². The van der Waals surface area contributed by atoms with Gasteiger partial charge in [0.2, 0.25) is 0 Å². The molecule has 0 aliphatic carbocycles. The van der Waals surface area contributed by atoms with E-state index in [-0.39, 0.29) is 8.80 Å². The first-order chi connectivity index (χ1) is 4.15. The van der Waals surface area contributed by atoms with Gasteiger partial charge in [-0.3, -0.25) is 0 Å². The van der Waals surface area contributed by atoms with Gasteiger partial charge in [0, 0.05) is 15.2 Å². The number of allylic oxidation sites excluding steroid dienone is 1. The van der Waals surface area contributed by atoms with Gasteiger partial charge in [-0.25, -0.2) is 0 Å². The SMILES string of the molecule is C#CCC=C.C[Si](C)C. The van der Waals surface area contributed by atoms with E-state index in [4.69, 9.17) is 6.42 Å². The zero-order valence-corrected chi connectivity index (χ0v) is 7.57. The highest BCUT2D eigenvalue weighted by atomic mass is 28.3. The Kier molecular flexibility index (Phi) is 13.2. The lowest BCUT2D eigenvalue weighted by atomic mass is 10.5. The predicted molar refractivity (Wildman–Crippen MR) is 47.0 cm³/mol. The van der Waals surface area contributed by atoms with Crippen molar-refractivity contribution in [1.29, 1.82) is 0 Å². The van der Waals surface area contributed by atoms with E-state index in [0.29, 0.717) is 6.42 Å². The molecule has 0 rings (SSSR count). The van der Waals surface area contributed by atoms with E-state index in [9.17, 15) is 0 Å². The van der Waals surface area contributed by atoms with E-state index >= 15 is 0 Å². The van der Waals surface area contributed by atoms with Crippen LogP contribution in [0.1, 0.15) is 6.42 Å². The molecule has 1 radical (unpaired) electrons. The van der Waals surface area contributed by atoms with Crippen molar-refractivity contribution in [3.05, 3.63) is 12.7 Å². The summed E-state index contributed by atoms with van der Waals surface area (Å²) in [5.74, 6) is 2.40. The van der Waals surface area contributed by atoms with Crippen LogP contribution in [0.3, 0.4) is 0 Å². The summed E-state index contributed by atoms with van der Waals surface area (Å²) in [5.41, 5.74) is 0. The molecule has 0 spiro atoms. The Morgan fingerprint density at radius 1 is 1.56 bits per heavy atom. The Hall–Kier alpha value is -0.483. The van der Waals surface area contributed by atoms with Gasteiger partial charge in [-0.1, -0.05) is 25.7 Å². The smallest absolute Gasteiger partial charge is 0.0379 e. The zero-order chi connectivity index (χ0) is 7.70. The van der Waals surface area contributed by atoms with E-state index in [1.165, 1.54) is 0 Å².